The molecular formula is C10H12N4O4. The Kier molecular flexibility index (Phi) is 3.38. The maximum absolute atomic E-state index is 11.1. The summed E-state index contributed by atoms with van der Waals surface area (Å²) in [5.41, 5.74) is 0.388. The van der Waals surface area contributed by atoms with Crippen molar-refractivity contribution < 1.29 is 14.8 Å². The van der Waals surface area contributed by atoms with E-state index in [1.54, 1.807) is 6.07 Å². The molecule has 0 radical (unpaired) electrons. The highest BCUT2D eigenvalue weighted by molar-refractivity contribution is 5.66. The molecule has 0 aliphatic carbocycles. The zero-order valence-electron chi connectivity index (χ0n) is 9.44. The van der Waals surface area contributed by atoms with Gasteiger partial charge < -0.3 is 20.5 Å². The van der Waals surface area contributed by atoms with Gasteiger partial charge in [0.05, 0.1) is 0 Å². The van der Waals surface area contributed by atoms with Gasteiger partial charge in [-0.15, -0.1) is 0 Å². The Hall–Kier alpha value is -2.22. The molecular weight excluding hydrogens is 240 g/mol. The number of hydrogen-bond acceptors (Lipinski definition) is 5. The van der Waals surface area contributed by atoms with E-state index in [0.717, 1.165) is 0 Å². The topological polar surface area (TPSA) is 109 Å². The van der Waals surface area contributed by atoms with Crippen LogP contribution in [0.15, 0.2) is 18.2 Å². The Morgan fingerprint density at radius 3 is 3.06 bits per heavy atom. The summed E-state index contributed by atoms with van der Waals surface area (Å²) in [6, 6.07) is 3.90. The number of nitrogens with zero attached hydrogens (tertiary/aromatic N) is 3. The second-order valence-corrected chi connectivity index (χ2v) is 3.87. The van der Waals surface area contributed by atoms with Crippen LogP contribution in [0.3, 0.4) is 0 Å². The van der Waals surface area contributed by atoms with E-state index in [1.165, 1.54) is 17.0 Å². The van der Waals surface area contributed by atoms with Crippen molar-refractivity contribution in [3.63, 3.8) is 0 Å². The molecule has 2 heterocycles. The van der Waals surface area contributed by atoms with Crippen molar-refractivity contribution in [2.75, 3.05) is 19.6 Å². The first-order chi connectivity index (χ1) is 8.59. The maximum Gasteiger partial charge on any atom is 0.408 e. The first-order valence-corrected chi connectivity index (χ1v) is 5.41. The van der Waals surface area contributed by atoms with Crippen molar-refractivity contribution in [1.82, 2.24) is 15.2 Å². The standard InChI is InChI=1S/C10H12N4O4/c15-10(16)13-5-4-11-6-8(13)7-2-1-3-9(12-7)14(17)18/h1-3,8,11H,4-6H2,(H,15,16). The van der Waals surface area contributed by atoms with E-state index < -0.39 is 17.1 Å². The molecule has 1 aliphatic rings. The molecule has 0 aromatic carbocycles. The summed E-state index contributed by atoms with van der Waals surface area (Å²) in [4.78, 5) is 26.3. The molecule has 1 aromatic rings. The minimum Gasteiger partial charge on any atom is -0.465 e. The van der Waals surface area contributed by atoms with E-state index in [4.69, 9.17) is 5.11 Å². The Morgan fingerprint density at radius 1 is 1.61 bits per heavy atom. The number of pyridine rings is 1. The van der Waals surface area contributed by atoms with Gasteiger partial charge in [-0.2, -0.15) is 0 Å². The zero-order valence-corrected chi connectivity index (χ0v) is 9.44. The van der Waals surface area contributed by atoms with Crippen LogP contribution in [0.2, 0.25) is 0 Å². The van der Waals surface area contributed by atoms with Crippen LogP contribution in [-0.2, 0) is 0 Å². The summed E-state index contributed by atoms with van der Waals surface area (Å²) < 4.78 is 0. The van der Waals surface area contributed by atoms with Crippen molar-refractivity contribution in [3.05, 3.63) is 34.0 Å². The van der Waals surface area contributed by atoms with Gasteiger partial charge in [0, 0.05) is 25.7 Å². The molecule has 0 bridgehead atoms. The molecule has 1 amide bonds. The molecule has 1 fully saturated rings. The Morgan fingerprint density at radius 2 is 2.39 bits per heavy atom. The van der Waals surface area contributed by atoms with Crippen LogP contribution in [0.25, 0.3) is 0 Å². The number of aromatic nitrogens is 1. The van der Waals surface area contributed by atoms with Crippen LogP contribution in [0.5, 0.6) is 0 Å². The molecule has 0 saturated carbocycles. The lowest BCUT2D eigenvalue weighted by Gasteiger charge is -2.31. The van der Waals surface area contributed by atoms with Crippen LogP contribution >= 0.6 is 0 Å². The SMILES string of the molecule is O=C(O)N1CCNCC1c1cccc([N+](=O)[O-])n1. The lowest BCUT2D eigenvalue weighted by molar-refractivity contribution is -0.389. The summed E-state index contributed by atoms with van der Waals surface area (Å²) >= 11 is 0. The highest BCUT2D eigenvalue weighted by Gasteiger charge is 2.31. The number of carboxylic acid groups (broad SMARTS) is 1. The highest BCUT2D eigenvalue weighted by atomic mass is 16.6. The summed E-state index contributed by atoms with van der Waals surface area (Å²) in [5.74, 6) is -0.275. The van der Waals surface area contributed by atoms with Gasteiger partial charge in [0.1, 0.15) is 6.04 Å². The number of hydrogen-bond donors (Lipinski definition) is 2. The van der Waals surface area contributed by atoms with Gasteiger partial charge in [0.2, 0.25) is 0 Å². The van der Waals surface area contributed by atoms with Gasteiger partial charge in [-0.3, -0.25) is 4.90 Å². The van der Waals surface area contributed by atoms with Crippen molar-refractivity contribution in [2.24, 2.45) is 0 Å². The Bertz CT molecular complexity index is 479. The van der Waals surface area contributed by atoms with Crippen LogP contribution in [0.1, 0.15) is 11.7 Å². The second kappa shape index (κ2) is 4.96. The number of nitro groups is 1. The summed E-state index contributed by atoms with van der Waals surface area (Å²) in [7, 11) is 0. The molecule has 18 heavy (non-hydrogen) atoms. The lowest BCUT2D eigenvalue weighted by atomic mass is 10.1. The highest BCUT2D eigenvalue weighted by Crippen LogP contribution is 2.22. The molecule has 96 valence electrons. The van der Waals surface area contributed by atoms with E-state index in [-0.39, 0.29) is 5.82 Å². The van der Waals surface area contributed by atoms with Crippen LogP contribution < -0.4 is 5.32 Å². The van der Waals surface area contributed by atoms with Crippen LogP contribution in [0.4, 0.5) is 10.6 Å². The Balaban J connectivity index is 2.30. The fourth-order valence-electron chi connectivity index (χ4n) is 1.92. The second-order valence-electron chi connectivity index (χ2n) is 3.87. The number of rotatable bonds is 2. The zero-order chi connectivity index (χ0) is 13.1. The number of piperazine rings is 1. The monoisotopic (exact) mass is 252 g/mol. The predicted molar refractivity (Wildman–Crippen MR) is 61.2 cm³/mol. The minimum absolute atomic E-state index is 0.275. The van der Waals surface area contributed by atoms with E-state index >= 15 is 0 Å². The van der Waals surface area contributed by atoms with E-state index in [1.807, 2.05) is 0 Å². The third kappa shape index (κ3) is 2.38. The molecule has 1 aromatic heterocycles. The number of amides is 1. The van der Waals surface area contributed by atoms with Crippen molar-refractivity contribution in [2.45, 2.75) is 6.04 Å². The molecule has 1 atom stereocenters. The maximum atomic E-state index is 11.1. The molecule has 1 aliphatic heterocycles. The quantitative estimate of drug-likeness (QED) is 0.589. The van der Waals surface area contributed by atoms with Gasteiger partial charge in [-0.1, -0.05) is 0 Å². The van der Waals surface area contributed by atoms with Crippen molar-refractivity contribution >= 4 is 11.9 Å². The van der Waals surface area contributed by atoms with E-state index in [0.29, 0.717) is 25.3 Å². The summed E-state index contributed by atoms with van der Waals surface area (Å²) in [6.45, 7) is 1.31. The van der Waals surface area contributed by atoms with Crippen molar-refractivity contribution in [3.8, 4) is 0 Å². The van der Waals surface area contributed by atoms with Gasteiger partial charge in [0.25, 0.3) is 0 Å². The number of nitrogens with one attached hydrogen (secondary N) is 1. The molecule has 8 nitrogen and oxygen atoms in total. The van der Waals surface area contributed by atoms with E-state index in [2.05, 4.69) is 10.3 Å². The largest absolute Gasteiger partial charge is 0.465 e. The van der Waals surface area contributed by atoms with Gasteiger partial charge in [0.15, 0.2) is 5.69 Å². The fraction of sp³-hybridized carbons (Fsp3) is 0.400. The fourth-order valence-corrected chi connectivity index (χ4v) is 1.92. The van der Waals surface area contributed by atoms with Crippen molar-refractivity contribution in [1.29, 1.82) is 0 Å². The molecule has 2 rings (SSSR count). The molecule has 0 spiro atoms. The third-order valence-corrected chi connectivity index (χ3v) is 2.77. The summed E-state index contributed by atoms with van der Waals surface area (Å²) in [5, 5.41) is 22.8. The van der Waals surface area contributed by atoms with E-state index in [9.17, 15) is 14.9 Å². The molecule has 1 unspecified atom stereocenters. The van der Waals surface area contributed by atoms with Crippen LogP contribution in [-0.4, -0.2) is 45.6 Å². The minimum atomic E-state index is -1.05. The third-order valence-electron chi connectivity index (χ3n) is 2.77. The first kappa shape index (κ1) is 12.2. The van der Waals surface area contributed by atoms with Gasteiger partial charge in [-0.25, -0.2) is 4.79 Å². The summed E-state index contributed by atoms with van der Waals surface area (Å²) in [6.07, 6.45) is -1.05. The molecule has 8 heteroatoms. The van der Waals surface area contributed by atoms with Gasteiger partial charge in [-0.05, 0) is 22.0 Å². The lowest BCUT2D eigenvalue weighted by Crippen LogP contribution is -2.48. The van der Waals surface area contributed by atoms with Crippen LogP contribution in [0, 0.1) is 10.1 Å². The predicted octanol–water partition coefficient (Wildman–Crippen LogP) is 0.614. The molecule has 1 saturated heterocycles. The normalized spacial score (nSPS) is 19.6. The molecule has 2 N–H and O–H groups in total. The number of carbonyl (C=O) groups is 1. The first-order valence-electron chi connectivity index (χ1n) is 5.41. The smallest absolute Gasteiger partial charge is 0.408 e. The Labute approximate surface area is 102 Å². The van der Waals surface area contributed by atoms with Gasteiger partial charge >= 0.3 is 11.9 Å². The average molecular weight is 252 g/mol. The average Bonchev–Trinajstić information content (AvgIpc) is 2.39.